The van der Waals surface area contributed by atoms with Gasteiger partial charge >= 0.3 is 0 Å². The fraction of sp³-hybridized carbons (Fsp3) is 0.267. The Morgan fingerprint density at radius 2 is 2.30 bits per heavy atom. The van der Waals surface area contributed by atoms with Crippen LogP contribution in [0.4, 0.5) is 5.69 Å². The second-order valence-corrected chi connectivity index (χ2v) is 6.57. The molecular weight excluding hydrogens is 336 g/mol. The van der Waals surface area contributed by atoms with Crippen molar-refractivity contribution < 1.29 is 4.79 Å². The van der Waals surface area contributed by atoms with Gasteiger partial charge < -0.3 is 10.6 Å². The highest BCUT2D eigenvalue weighted by Gasteiger charge is 2.22. The topological polar surface area (TPSA) is 41.1 Å². The summed E-state index contributed by atoms with van der Waals surface area (Å²) in [4.78, 5) is 12.7. The van der Waals surface area contributed by atoms with Gasteiger partial charge in [0.05, 0.1) is 12.5 Å². The first-order valence-corrected chi connectivity index (χ1v) is 8.25. The highest BCUT2D eigenvalue weighted by molar-refractivity contribution is 9.10. The molecule has 0 bridgehead atoms. The molecule has 3 rings (SSSR count). The molecule has 0 spiro atoms. The maximum atomic E-state index is 11.5. The summed E-state index contributed by atoms with van der Waals surface area (Å²) in [5, 5.41) is 8.48. The predicted octanol–water partition coefficient (Wildman–Crippen LogP) is 3.70. The van der Waals surface area contributed by atoms with Crippen molar-refractivity contribution in [1.29, 1.82) is 0 Å². The first-order valence-electron chi connectivity index (χ1n) is 6.58. The third-order valence-electron chi connectivity index (χ3n) is 3.40. The number of carbonyl (C=O) groups excluding carboxylic acids is 1. The maximum absolute atomic E-state index is 11.5. The Morgan fingerprint density at radius 3 is 3.00 bits per heavy atom. The van der Waals surface area contributed by atoms with Crippen LogP contribution in [0.1, 0.15) is 29.0 Å². The van der Waals surface area contributed by atoms with Gasteiger partial charge in [-0.15, -0.1) is 11.3 Å². The van der Waals surface area contributed by atoms with E-state index >= 15 is 0 Å². The number of amides is 1. The molecule has 1 atom stereocenters. The van der Waals surface area contributed by atoms with Crippen molar-refractivity contribution in [2.75, 3.05) is 11.9 Å². The molecule has 104 valence electrons. The van der Waals surface area contributed by atoms with Crippen molar-refractivity contribution in [2.24, 2.45) is 0 Å². The third-order valence-corrected chi connectivity index (χ3v) is 5.34. The molecule has 1 unspecified atom stereocenters. The summed E-state index contributed by atoms with van der Waals surface area (Å²) < 4.78 is 1.13. The second kappa shape index (κ2) is 5.68. The third kappa shape index (κ3) is 2.53. The Hall–Kier alpha value is -1.17. The summed E-state index contributed by atoms with van der Waals surface area (Å²) in [5.41, 5.74) is 3.23. The summed E-state index contributed by atoms with van der Waals surface area (Å²) >= 11 is 5.34. The van der Waals surface area contributed by atoms with Crippen molar-refractivity contribution in [3.8, 4) is 0 Å². The Bertz CT molecular complexity index is 653. The predicted molar refractivity (Wildman–Crippen MR) is 86.3 cm³/mol. The van der Waals surface area contributed by atoms with Crippen LogP contribution in [0.3, 0.4) is 0 Å². The van der Waals surface area contributed by atoms with Crippen LogP contribution in [-0.2, 0) is 11.2 Å². The smallest absolute Gasteiger partial charge is 0.228 e. The summed E-state index contributed by atoms with van der Waals surface area (Å²) in [6, 6.07) is 8.45. The summed E-state index contributed by atoms with van der Waals surface area (Å²) in [6.45, 7) is 3.00. The monoisotopic (exact) mass is 350 g/mol. The molecule has 2 N–H and O–H groups in total. The van der Waals surface area contributed by atoms with Crippen molar-refractivity contribution >= 4 is 38.9 Å². The zero-order valence-corrected chi connectivity index (χ0v) is 13.5. The van der Waals surface area contributed by atoms with Crippen molar-refractivity contribution in [1.82, 2.24) is 5.32 Å². The molecule has 1 aromatic heterocycles. The lowest BCUT2D eigenvalue weighted by Gasteiger charge is -2.18. The number of rotatable bonds is 4. The number of thiophene rings is 1. The Balaban J connectivity index is 1.99. The van der Waals surface area contributed by atoms with Gasteiger partial charge in [0.1, 0.15) is 0 Å². The number of hydrogen-bond donors (Lipinski definition) is 2. The van der Waals surface area contributed by atoms with Crippen LogP contribution in [0.5, 0.6) is 0 Å². The van der Waals surface area contributed by atoms with E-state index in [9.17, 15) is 4.79 Å². The Kier molecular flexibility index (Phi) is 3.92. The van der Waals surface area contributed by atoms with Crippen molar-refractivity contribution in [3.05, 3.63) is 50.1 Å². The van der Waals surface area contributed by atoms with E-state index < -0.39 is 0 Å². The highest BCUT2D eigenvalue weighted by Crippen LogP contribution is 2.35. The molecule has 2 heterocycles. The second-order valence-electron chi connectivity index (χ2n) is 4.77. The molecule has 0 saturated heterocycles. The minimum Gasteiger partial charge on any atom is -0.326 e. The molecular formula is C15H15BrN2OS. The van der Waals surface area contributed by atoms with Crippen molar-refractivity contribution in [2.45, 2.75) is 19.4 Å². The Morgan fingerprint density at radius 1 is 1.45 bits per heavy atom. The zero-order valence-electron chi connectivity index (χ0n) is 11.1. The van der Waals surface area contributed by atoms with Gasteiger partial charge in [0.15, 0.2) is 0 Å². The molecule has 0 aliphatic carbocycles. The standard InChI is InChI=1S/C15H15BrN2OS/c1-2-17-14(15-11(16)5-6-20-15)9-3-4-12-10(7-9)8-13(19)18-12/h3-7,14,17H,2,8H2,1H3,(H,18,19). The number of halogens is 1. The van der Waals surface area contributed by atoms with Crippen LogP contribution in [0.2, 0.25) is 0 Å². The molecule has 0 fully saturated rings. The average molecular weight is 351 g/mol. The molecule has 1 aliphatic rings. The minimum absolute atomic E-state index is 0.0782. The van der Waals surface area contributed by atoms with E-state index in [-0.39, 0.29) is 11.9 Å². The number of fused-ring (bicyclic) bond motifs is 1. The van der Waals surface area contributed by atoms with Gasteiger partial charge in [-0.1, -0.05) is 19.1 Å². The van der Waals surface area contributed by atoms with Gasteiger partial charge in [0.2, 0.25) is 5.91 Å². The number of nitrogens with one attached hydrogen (secondary N) is 2. The van der Waals surface area contributed by atoms with Gasteiger partial charge in [-0.3, -0.25) is 4.79 Å². The van der Waals surface area contributed by atoms with E-state index in [0.29, 0.717) is 6.42 Å². The largest absolute Gasteiger partial charge is 0.326 e. The van der Waals surface area contributed by atoms with Gasteiger partial charge in [-0.2, -0.15) is 0 Å². The van der Waals surface area contributed by atoms with Crippen LogP contribution in [0, 0.1) is 0 Å². The molecule has 1 aromatic carbocycles. The quantitative estimate of drug-likeness (QED) is 0.882. The summed E-state index contributed by atoms with van der Waals surface area (Å²) in [7, 11) is 0. The molecule has 5 heteroatoms. The fourth-order valence-electron chi connectivity index (χ4n) is 2.51. The van der Waals surface area contributed by atoms with E-state index in [1.54, 1.807) is 11.3 Å². The number of carbonyl (C=O) groups is 1. The lowest BCUT2D eigenvalue weighted by Crippen LogP contribution is -2.21. The van der Waals surface area contributed by atoms with Gasteiger partial charge in [0, 0.05) is 15.0 Å². The van der Waals surface area contributed by atoms with Gasteiger partial charge in [-0.05, 0) is 51.1 Å². The van der Waals surface area contributed by atoms with Crippen LogP contribution < -0.4 is 10.6 Å². The summed E-state index contributed by atoms with van der Waals surface area (Å²) in [6.07, 6.45) is 0.480. The average Bonchev–Trinajstić information content (AvgIpc) is 3.00. The molecule has 0 saturated carbocycles. The number of hydrogen-bond acceptors (Lipinski definition) is 3. The molecule has 20 heavy (non-hydrogen) atoms. The molecule has 1 amide bonds. The van der Waals surface area contributed by atoms with E-state index in [0.717, 1.165) is 22.3 Å². The van der Waals surface area contributed by atoms with Crippen LogP contribution in [-0.4, -0.2) is 12.5 Å². The van der Waals surface area contributed by atoms with E-state index in [4.69, 9.17) is 0 Å². The first-order chi connectivity index (χ1) is 9.69. The van der Waals surface area contributed by atoms with Gasteiger partial charge in [-0.25, -0.2) is 0 Å². The van der Waals surface area contributed by atoms with Crippen LogP contribution >= 0.6 is 27.3 Å². The van der Waals surface area contributed by atoms with E-state index in [1.165, 1.54) is 10.4 Å². The zero-order chi connectivity index (χ0) is 14.1. The fourth-order valence-corrected chi connectivity index (χ4v) is 4.21. The van der Waals surface area contributed by atoms with Crippen molar-refractivity contribution in [3.63, 3.8) is 0 Å². The SMILES string of the molecule is CCNC(c1ccc2c(c1)CC(=O)N2)c1sccc1Br. The first kappa shape index (κ1) is 13.8. The lowest BCUT2D eigenvalue weighted by atomic mass is 10.0. The van der Waals surface area contributed by atoms with Crippen LogP contribution in [0.25, 0.3) is 0 Å². The number of anilines is 1. The molecule has 0 radical (unpaired) electrons. The molecule has 1 aliphatic heterocycles. The normalized spacial score (nSPS) is 15.0. The minimum atomic E-state index is 0.0782. The van der Waals surface area contributed by atoms with E-state index in [1.807, 2.05) is 6.07 Å². The van der Waals surface area contributed by atoms with Crippen LogP contribution in [0.15, 0.2) is 34.1 Å². The number of benzene rings is 1. The van der Waals surface area contributed by atoms with Gasteiger partial charge in [0.25, 0.3) is 0 Å². The Labute approximate surface area is 130 Å². The van der Waals surface area contributed by atoms with E-state index in [2.05, 4.69) is 57.1 Å². The lowest BCUT2D eigenvalue weighted by molar-refractivity contribution is -0.115. The summed E-state index contributed by atoms with van der Waals surface area (Å²) in [5.74, 6) is 0.0782. The molecule has 3 nitrogen and oxygen atoms in total. The molecule has 2 aromatic rings. The highest BCUT2D eigenvalue weighted by atomic mass is 79.9. The maximum Gasteiger partial charge on any atom is 0.228 e.